The molecule has 1 aromatic heterocycles. The van der Waals surface area contributed by atoms with Crippen LogP contribution in [0.15, 0.2) is 48.8 Å². The lowest BCUT2D eigenvalue weighted by Crippen LogP contribution is -2.51. The Morgan fingerprint density at radius 3 is 2.27 bits per heavy atom. The van der Waals surface area contributed by atoms with Gasteiger partial charge in [0.15, 0.2) is 0 Å². The Morgan fingerprint density at radius 1 is 1.00 bits per heavy atom. The number of hydrogen-bond acceptors (Lipinski definition) is 3. The van der Waals surface area contributed by atoms with Crippen molar-refractivity contribution in [2.45, 2.75) is 13.3 Å². The number of aromatic nitrogens is 1. The molecule has 0 unspecified atom stereocenters. The highest BCUT2D eigenvalue weighted by Crippen LogP contribution is 2.13. The summed E-state index contributed by atoms with van der Waals surface area (Å²) >= 11 is 0. The molecule has 0 aliphatic carbocycles. The van der Waals surface area contributed by atoms with Gasteiger partial charge in [-0.15, -0.1) is 0 Å². The number of carbonyl (C=O) groups excluding carboxylic acids is 2. The molecule has 1 aliphatic heterocycles. The van der Waals surface area contributed by atoms with Gasteiger partial charge in [-0.25, -0.2) is 0 Å². The quantitative estimate of drug-likeness (QED) is 0.860. The van der Waals surface area contributed by atoms with Crippen LogP contribution in [0.2, 0.25) is 0 Å². The normalized spacial score (nSPS) is 15.0. The van der Waals surface area contributed by atoms with Crippen LogP contribution >= 0.6 is 0 Å². The Balaban J connectivity index is 1.51. The maximum atomic E-state index is 12.7. The monoisotopic (exact) mass is 354 g/mol. The molecule has 2 aromatic rings. The van der Waals surface area contributed by atoms with Gasteiger partial charge < -0.3 is 14.8 Å². The average molecular weight is 354 g/mol. The van der Waals surface area contributed by atoms with Gasteiger partial charge >= 0.3 is 0 Å². The van der Waals surface area contributed by atoms with Crippen molar-refractivity contribution >= 4 is 11.8 Å². The lowest BCUT2D eigenvalue weighted by molar-refractivity contribution is -0.122. The number of piperazine rings is 1. The molecule has 2 amide bonds. The molecule has 138 valence electrons. The number of benzene rings is 1. The minimum absolute atomic E-state index is 0.0548. The molecule has 6 nitrogen and oxygen atoms in total. The molecule has 0 atom stereocenters. The Hall–Kier alpha value is -2.60. The minimum atomic E-state index is 0.0548. The molecule has 0 saturated carbocycles. The van der Waals surface area contributed by atoms with Gasteiger partial charge in [-0.05, 0) is 42.8 Å². The molecule has 1 N–H and O–H groups in total. The molecular weight excluding hydrogens is 328 g/mol. The van der Waals surface area contributed by atoms with Crippen LogP contribution in [0.1, 0.15) is 23.7 Å². The summed E-state index contributed by atoms with van der Waals surface area (Å²) < 4.78 is 2.01. The van der Waals surface area contributed by atoms with Crippen molar-refractivity contribution in [1.82, 2.24) is 19.7 Å². The summed E-state index contributed by atoms with van der Waals surface area (Å²) in [6.45, 7) is 5.93. The highest BCUT2D eigenvalue weighted by atomic mass is 16.2. The summed E-state index contributed by atoms with van der Waals surface area (Å²) in [7, 11) is 0. The van der Waals surface area contributed by atoms with E-state index >= 15 is 0 Å². The van der Waals surface area contributed by atoms with Crippen molar-refractivity contribution in [3.63, 3.8) is 0 Å². The molecular formula is C20H26N4O2. The topological polar surface area (TPSA) is 57.6 Å². The number of nitrogens with one attached hydrogen (secondary N) is 1. The van der Waals surface area contributed by atoms with Crippen LogP contribution in [0.4, 0.5) is 0 Å². The van der Waals surface area contributed by atoms with Crippen molar-refractivity contribution in [2.24, 2.45) is 0 Å². The smallest absolute Gasteiger partial charge is 0.253 e. The molecule has 0 spiro atoms. The molecule has 2 heterocycles. The van der Waals surface area contributed by atoms with Crippen LogP contribution in [0, 0.1) is 0 Å². The number of rotatable bonds is 6. The van der Waals surface area contributed by atoms with Crippen molar-refractivity contribution in [1.29, 1.82) is 0 Å². The van der Waals surface area contributed by atoms with E-state index in [1.54, 1.807) is 0 Å². The largest absolute Gasteiger partial charge is 0.355 e. The molecule has 0 radical (unpaired) electrons. The zero-order valence-corrected chi connectivity index (χ0v) is 15.2. The van der Waals surface area contributed by atoms with Crippen molar-refractivity contribution < 1.29 is 9.59 Å². The van der Waals surface area contributed by atoms with Gasteiger partial charge in [0.05, 0.1) is 6.54 Å². The van der Waals surface area contributed by atoms with E-state index in [0.29, 0.717) is 25.2 Å². The van der Waals surface area contributed by atoms with Gasteiger partial charge in [0.1, 0.15) is 0 Å². The predicted molar refractivity (Wildman–Crippen MR) is 101 cm³/mol. The van der Waals surface area contributed by atoms with E-state index in [4.69, 9.17) is 0 Å². The van der Waals surface area contributed by atoms with Gasteiger partial charge in [0.25, 0.3) is 5.91 Å². The Labute approximate surface area is 154 Å². The van der Waals surface area contributed by atoms with Gasteiger partial charge in [-0.2, -0.15) is 0 Å². The van der Waals surface area contributed by atoms with Gasteiger partial charge in [-0.3, -0.25) is 14.5 Å². The third-order valence-corrected chi connectivity index (χ3v) is 4.62. The fourth-order valence-corrected chi connectivity index (χ4v) is 3.10. The SMILES string of the molecule is CCCNC(=O)CN1CCN(C(=O)c2ccc(-n3cccc3)cc2)CC1. The Bertz CT molecular complexity index is 717. The standard InChI is InChI=1S/C20H26N4O2/c1-2-9-21-19(25)16-22-12-14-24(15-13-22)20(26)17-5-7-18(8-6-17)23-10-3-4-11-23/h3-8,10-11H,2,9,12-16H2,1H3,(H,21,25). The second kappa shape index (κ2) is 8.67. The van der Waals surface area contributed by atoms with Gasteiger partial charge in [0, 0.05) is 56.4 Å². The van der Waals surface area contributed by atoms with Crippen LogP contribution in [-0.2, 0) is 4.79 Å². The van der Waals surface area contributed by atoms with E-state index in [2.05, 4.69) is 10.2 Å². The lowest BCUT2D eigenvalue weighted by Gasteiger charge is -2.34. The zero-order chi connectivity index (χ0) is 18.4. The molecule has 1 saturated heterocycles. The van der Waals surface area contributed by atoms with Crippen LogP contribution in [0.3, 0.4) is 0 Å². The summed E-state index contributed by atoms with van der Waals surface area (Å²) in [6.07, 6.45) is 4.90. The Kier molecular flexibility index (Phi) is 6.07. The van der Waals surface area contributed by atoms with E-state index in [9.17, 15) is 9.59 Å². The fraction of sp³-hybridized carbons (Fsp3) is 0.400. The zero-order valence-electron chi connectivity index (χ0n) is 15.2. The highest BCUT2D eigenvalue weighted by molar-refractivity contribution is 5.94. The maximum absolute atomic E-state index is 12.7. The van der Waals surface area contributed by atoms with Crippen LogP contribution < -0.4 is 5.32 Å². The van der Waals surface area contributed by atoms with Crippen LogP contribution in [0.25, 0.3) is 5.69 Å². The minimum Gasteiger partial charge on any atom is -0.355 e. The first-order valence-electron chi connectivity index (χ1n) is 9.19. The second-order valence-electron chi connectivity index (χ2n) is 6.56. The first-order chi connectivity index (χ1) is 12.7. The molecule has 1 aromatic carbocycles. The first-order valence-corrected chi connectivity index (χ1v) is 9.19. The van der Waals surface area contributed by atoms with Crippen molar-refractivity contribution in [2.75, 3.05) is 39.3 Å². The molecule has 0 bridgehead atoms. The summed E-state index contributed by atoms with van der Waals surface area (Å²) in [5.41, 5.74) is 1.74. The number of amides is 2. The van der Waals surface area contributed by atoms with Crippen molar-refractivity contribution in [3.05, 3.63) is 54.4 Å². The van der Waals surface area contributed by atoms with E-state index in [1.807, 2.05) is 65.2 Å². The maximum Gasteiger partial charge on any atom is 0.253 e. The third-order valence-electron chi connectivity index (χ3n) is 4.62. The summed E-state index contributed by atoms with van der Waals surface area (Å²) in [5, 5.41) is 2.89. The fourth-order valence-electron chi connectivity index (χ4n) is 3.10. The third kappa shape index (κ3) is 4.52. The van der Waals surface area contributed by atoms with Gasteiger partial charge in [-0.1, -0.05) is 6.92 Å². The lowest BCUT2D eigenvalue weighted by atomic mass is 10.1. The van der Waals surface area contributed by atoms with E-state index < -0.39 is 0 Å². The molecule has 1 fully saturated rings. The van der Waals surface area contributed by atoms with E-state index in [0.717, 1.165) is 31.7 Å². The van der Waals surface area contributed by atoms with E-state index in [1.165, 1.54) is 0 Å². The Morgan fingerprint density at radius 2 is 1.65 bits per heavy atom. The van der Waals surface area contributed by atoms with Crippen molar-refractivity contribution in [3.8, 4) is 5.69 Å². The molecule has 6 heteroatoms. The second-order valence-corrected chi connectivity index (χ2v) is 6.56. The number of carbonyl (C=O) groups is 2. The number of hydrogen-bond donors (Lipinski definition) is 1. The average Bonchev–Trinajstić information content (AvgIpc) is 3.21. The molecule has 26 heavy (non-hydrogen) atoms. The first kappa shape index (κ1) is 18.2. The van der Waals surface area contributed by atoms with Crippen LogP contribution in [-0.4, -0.2) is 65.4 Å². The van der Waals surface area contributed by atoms with Crippen LogP contribution in [0.5, 0.6) is 0 Å². The summed E-state index contributed by atoms with van der Waals surface area (Å²) in [4.78, 5) is 28.5. The number of nitrogens with zero attached hydrogens (tertiary/aromatic N) is 3. The highest BCUT2D eigenvalue weighted by Gasteiger charge is 2.23. The molecule has 1 aliphatic rings. The van der Waals surface area contributed by atoms with E-state index in [-0.39, 0.29) is 11.8 Å². The summed E-state index contributed by atoms with van der Waals surface area (Å²) in [5.74, 6) is 0.117. The summed E-state index contributed by atoms with van der Waals surface area (Å²) in [6, 6.07) is 11.6. The van der Waals surface area contributed by atoms with Gasteiger partial charge in [0.2, 0.25) is 5.91 Å². The molecule has 3 rings (SSSR count). The predicted octanol–water partition coefficient (Wildman–Crippen LogP) is 1.76.